The van der Waals surface area contributed by atoms with Crippen LogP contribution in [0, 0.1) is 5.92 Å². The van der Waals surface area contributed by atoms with Gasteiger partial charge in [-0.1, -0.05) is 6.92 Å². The highest BCUT2D eigenvalue weighted by Crippen LogP contribution is 2.28. The number of hydrogen-bond acceptors (Lipinski definition) is 3. The molecule has 0 spiro atoms. The maximum absolute atomic E-state index is 11.6. The first-order chi connectivity index (χ1) is 7.15. The lowest BCUT2D eigenvalue weighted by molar-refractivity contribution is -0.122. The Morgan fingerprint density at radius 2 is 2.33 bits per heavy atom. The van der Waals surface area contributed by atoms with E-state index < -0.39 is 0 Å². The molecule has 1 fully saturated rings. The fraction of sp³-hybridized carbons (Fsp3) is 0.909. The van der Waals surface area contributed by atoms with Gasteiger partial charge in [0.15, 0.2) is 0 Å². The van der Waals surface area contributed by atoms with E-state index in [1.54, 1.807) is 0 Å². The molecule has 0 radical (unpaired) electrons. The van der Waals surface area contributed by atoms with E-state index in [0.29, 0.717) is 24.9 Å². The number of hydrogen-bond donors (Lipinski definition) is 2. The van der Waals surface area contributed by atoms with Crippen LogP contribution in [0.4, 0.5) is 0 Å². The quantitative estimate of drug-likeness (QED) is 0.750. The zero-order chi connectivity index (χ0) is 11.3. The lowest BCUT2D eigenvalue weighted by atomic mass is 10.1. The summed E-state index contributed by atoms with van der Waals surface area (Å²) in [5.74, 6) is 0.461. The zero-order valence-corrected chi connectivity index (χ0v) is 10.5. The van der Waals surface area contributed by atoms with Gasteiger partial charge in [-0.25, -0.2) is 0 Å². The van der Waals surface area contributed by atoms with E-state index >= 15 is 0 Å². The normalized spacial score (nSPS) is 27.7. The van der Waals surface area contributed by atoms with Gasteiger partial charge < -0.3 is 11.1 Å². The second kappa shape index (κ2) is 6.38. The molecule has 0 heterocycles. The van der Waals surface area contributed by atoms with Crippen LogP contribution >= 0.6 is 11.8 Å². The topological polar surface area (TPSA) is 55.1 Å². The highest BCUT2D eigenvalue weighted by molar-refractivity contribution is 7.99. The van der Waals surface area contributed by atoms with E-state index in [2.05, 4.69) is 11.6 Å². The van der Waals surface area contributed by atoms with Crippen LogP contribution in [0.5, 0.6) is 0 Å². The van der Waals surface area contributed by atoms with E-state index in [-0.39, 0.29) is 5.91 Å². The third kappa shape index (κ3) is 4.43. The van der Waals surface area contributed by atoms with Crippen LogP contribution in [0.2, 0.25) is 0 Å². The highest BCUT2D eigenvalue weighted by atomic mass is 32.2. The molecule has 4 heteroatoms. The largest absolute Gasteiger partial charge is 0.353 e. The van der Waals surface area contributed by atoms with E-state index in [0.717, 1.165) is 18.1 Å². The molecule has 3 unspecified atom stereocenters. The molecule has 3 atom stereocenters. The van der Waals surface area contributed by atoms with Crippen LogP contribution in [0.3, 0.4) is 0 Å². The molecule has 0 saturated heterocycles. The molecule has 0 aromatic heterocycles. The lowest BCUT2D eigenvalue weighted by Gasteiger charge is -2.14. The number of amides is 1. The molecule has 1 amide bonds. The van der Waals surface area contributed by atoms with Gasteiger partial charge in [-0.2, -0.15) is 11.8 Å². The van der Waals surface area contributed by atoms with Crippen molar-refractivity contribution in [2.45, 2.75) is 43.9 Å². The summed E-state index contributed by atoms with van der Waals surface area (Å²) in [4.78, 5) is 11.6. The maximum atomic E-state index is 11.6. The Hall–Kier alpha value is -0.220. The monoisotopic (exact) mass is 230 g/mol. The summed E-state index contributed by atoms with van der Waals surface area (Å²) in [5.41, 5.74) is 5.49. The number of carbonyl (C=O) groups is 1. The second-order valence-electron chi connectivity index (χ2n) is 4.48. The van der Waals surface area contributed by atoms with Crippen molar-refractivity contribution in [3.63, 3.8) is 0 Å². The second-order valence-corrected chi connectivity index (χ2v) is 5.62. The maximum Gasteiger partial charge on any atom is 0.220 e. The van der Waals surface area contributed by atoms with Crippen molar-refractivity contribution in [3.05, 3.63) is 0 Å². The van der Waals surface area contributed by atoms with Crippen LogP contribution in [0.15, 0.2) is 0 Å². The first kappa shape index (κ1) is 12.8. The Labute approximate surface area is 96.6 Å². The van der Waals surface area contributed by atoms with Gasteiger partial charge in [0.2, 0.25) is 5.91 Å². The first-order valence-electron chi connectivity index (χ1n) is 5.68. The standard InChI is InChI=1S/C11H22N2OS/c1-8(7-12)5-11(14)13-9-3-4-10(6-9)15-2/h8-10H,3-7,12H2,1-2H3,(H,13,14). The van der Waals surface area contributed by atoms with Crippen molar-refractivity contribution in [1.29, 1.82) is 0 Å². The minimum Gasteiger partial charge on any atom is -0.353 e. The van der Waals surface area contributed by atoms with Crippen molar-refractivity contribution in [3.8, 4) is 0 Å². The van der Waals surface area contributed by atoms with Gasteiger partial charge >= 0.3 is 0 Å². The molecule has 0 aromatic rings. The molecular formula is C11H22N2OS. The predicted octanol–water partition coefficient (Wildman–Crippen LogP) is 1.37. The Bertz CT molecular complexity index is 211. The van der Waals surface area contributed by atoms with Crippen LogP contribution in [0.1, 0.15) is 32.6 Å². The number of nitrogens with two attached hydrogens (primary N) is 1. The van der Waals surface area contributed by atoms with Crippen molar-refractivity contribution in [2.24, 2.45) is 11.7 Å². The summed E-state index contributed by atoms with van der Waals surface area (Å²) in [7, 11) is 0. The molecule has 3 nitrogen and oxygen atoms in total. The minimum absolute atomic E-state index is 0.166. The van der Waals surface area contributed by atoms with E-state index in [4.69, 9.17) is 5.73 Å². The van der Waals surface area contributed by atoms with Gasteiger partial charge in [0.05, 0.1) is 0 Å². The molecule has 15 heavy (non-hydrogen) atoms. The Kier molecular flexibility index (Phi) is 5.47. The molecule has 1 aliphatic carbocycles. The Morgan fingerprint density at radius 3 is 2.87 bits per heavy atom. The zero-order valence-electron chi connectivity index (χ0n) is 9.66. The van der Waals surface area contributed by atoms with Crippen molar-refractivity contribution in [1.82, 2.24) is 5.32 Å². The lowest BCUT2D eigenvalue weighted by Crippen LogP contribution is -2.34. The first-order valence-corrected chi connectivity index (χ1v) is 6.96. The number of nitrogens with one attached hydrogen (secondary N) is 1. The summed E-state index contributed by atoms with van der Waals surface area (Å²) >= 11 is 1.91. The van der Waals surface area contributed by atoms with Gasteiger partial charge in [-0.05, 0) is 38.0 Å². The Balaban J connectivity index is 2.21. The molecular weight excluding hydrogens is 208 g/mol. The highest BCUT2D eigenvalue weighted by Gasteiger charge is 2.25. The van der Waals surface area contributed by atoms with E-state index in [9.17, 15) is 4.79 Å². The Morgan fingerprint density at radius 1 is 1.60 bits per heavy atom. The molecule has 0 bridgehead atoms. The average molecular weight is 230 g/mol. The molecule has 1 rings (SSSR count). The smallest absolute Gasteiger partial charge is 0.220 e. The summed E-state index contributed by atoms with van der Waals surface area (Å²) in [5, 5.41) is 3.84. The molecule has 1 aliphatic rings. The van der Waals surface area contributed by atoms with E-state index in [1.807, 2.05) is 18.7 Å². The fourth-order valence-electron chi connectivity index (χ4n) is 1.97. The summed E-state index contributed by atoms with van der Waals surface area (Å²) in [6, 6.07) is 0.403. The van der Waals surface area contributed by atoms with Crippen LogP contribution in [0.25, 0.3) is 0 Å². The van der Waals surface area contributed by atoms with Crippen molar-refractivity contribution >= 4 is 17.7 Å². The average Bonchev–Trinajstić information content (AvgIpc) is 2.65. The van der Waals surface area contributed by atoms with E-state index in [1.165, 1.54) is 6.42 Å². The molecule has 3 N–H and O–H groups in total. The number of thioether (sulfide) groups is 1. The van der Waals surface area contributed by atoms with Gasteiger partial charge in [-0.15, -0.1) is 0 Å². The van der Waals surface area contributed by atoms with Gasteiger partial charge in [0.1, 0.15) is 0 Å². The minimum atomic E-state index is 0.166. The molecule has 0 aromatic carbocycles. The van der Waals surface area contributed by atoms with Gasteiger partial charge in [0.25, 0.3) is 0 Å². The summed E-state index contributed by atoms with van der Waals surface area (Å²) in [6.45, 7) is 2.60. The third-order valence-electron chi connectivity index (χ3n) is 3.02. The molecule has 88 valence electrons. The third-order valence-corrected chi connectivity index (χ3v) is 4.11. The predicted molar refractivity (Wildman–Crippen MR) is 65.9 cm³/mol. The summed E-state index contributed by atoms with van der Waals surface area (Å²) < 4.78 is 0. The van der Waals surface area contributed by atoms with Gasteiger partial charge in [0, 0.05) is 17.7 Å². The van der Waals surface area contributed by atoms with Gasteiger partial charge in [-0.3, -0.25) is 4.79 Å². The molecule has 0 aliphatic heterocycles. The number of carbonyl (C=O) groups excluding carboxylic acids is 1. The van der Waals surface area contributed by atoms with Crippen molar-refractivity contribution in [2.75, 3.05) is 12.8 Å². The van der Waals surface area contributed by atoms with Crippen LogP contribution in [-0.4, -0.2) is 30.0 Å². The summed E-state index contributed by atoms with van der Waals surface area (Å²) in [6.07, 6.45) is 6.21. The fourth-order valence-corrected chi connectivity index (χ4v) is 2.77. The van der Waals surface area contributed by atoms with Crippen molar-refractivity contribution < 1.29 is 4.79 Å². The SMILES string of the molecule is CSC1CCC(NC(=O)CC(C)CN)C1. The number of rotatable bonds is 5. The van der Waals surface area contributed by atoms with Crippen LogP contribution in [-0.2, 0) is 4.79 Å². The molecule has 1 saturated carbocycles. The van der Waals surface area contributed by atoms with Crippen LogP contribution < -0.4 is 11.1 Å².